The summed E-state index contributed by atoms with van der Waals surface area (Å²) in [5.41, 5.74) is 0.254. The van der Waals surface area contributed by atoms with Crippen LogP contribution in [0.3, 0.4) is 0 Å². The van der Waals surface area contributed by atoms with E-state index in [-0.39, 0.29) is 5.69 Å². The van der Waals surface area contributed by atoms with Gasteiger partial charge < -0.3 is 14.4 Å². The van der Waals surface area contributed by atoms with Crippen LogP contribution in [0.1, 0.15) is 30.3 Å². The number of benzene rings is 1. The lowest BCUT2D eigenvalue weighted by molar-refractivity contribution is 0.0519. The zero-order valence-corrected chi connectivity index (χ0v) is 16.2. The van der Waals surface area contributed by atoms with Crippen molar-refractivity contribution in [3.05, 3.63) is 46.5 Å². The van der Waals surface area contributed by atoms with Crippen molar-refractivity contribution < 1.29 is 14.6 Å². The van der Waals surface area contributed by atoms with Gasteiger partial charge in [-0.15, -0.1) is 11.8 Å². The molecule has 5 nitrogen and oxygen atoms in total. The van der Waals surface area contributed by atoms with Crippen molar-refractivity contribution in [2.45, 2.75) is 37.3 Å². The molecule has 1 aromatic heterocycles. The highest BCUT2D eigenvalue weighted by molar-refractivity contribution is 7.99. The van der Waals surface area contributed by atoms with Crippen molar-refractivity contribution in [2.24, 2.45) is 0 Å². The van der Waals surface area contributed by atoms with Gasteiger partial charge in [-0.25, -0.2) is 9.78 Å². The second kappa shape index (κ2) is 10.1. The fraction of sp³-hybridized carbons (Fsp3) is 0.412. The molecule has 0 spiro atoms. The summed E-state index contributed by atoms with van der Waals surface area (Å²) in [5.74, 6) is 0.418. The molecule has 25 heavy (non-hydrogen) atoms. The predicted molar refractivity (Wildman–Crippen MR) is 101 cm³/mol. The average Bonchev–Trinajstić information content (AvgIpc) is 3.03. The highest BCUT2D eigenvalue weighted by Gasteiger charge is 2.12. The number of nitrogens with zero attached hydrogens (tertiary/aromatic N) is 2. The van der Waals surface area contributed by atoms with E-state index in [9.17, 15) is 9.90 Å². The Morgan fingerprint density at radius 2 is 2.20 bits per heavy atom. The van der Waals surface area contributed by atoms with Crippen LogP contribution in [0.25, 0.3) is 0 Å². The zero-order valence-electron chi connectivity index (χ0n) is 13.8. The molecule has 0 fully saturated rings. The van der Waals surface area contributed by atoms with Crippen molar-refractivity contribution in [3.8, 4) is 0 Å². The Morgan fingerprint density at radius 3 is 2.92 bits per heavy atom. The van der Waals surface area contributed by atoms with Crippen LogP contribution in [-0.2, 0) is 11.3 Å². The van der Waals surface area contributed by atoms with Crippen LogP contribution in [0, 0.1) is 0 Å². The lowest BCUT2D eigenvalue weighted by Gasteiger charge is -2.11. The first kappa shape index (κ1) is 20.1. The molecule has 0 amide bonds. The average molecular weight is 403 g/mol. The molecule has 0 saturated carbocycles. The Bertz CT molecular complexity index is 709. The smallest absolute Gasteiger partial charge is 0.358 e. The highest BCUT2D eigenvalue weighted by atomic mass is 35.5. The van der Waals surface area contributed by atoms with E-state index in [0.29, 0.717) is 29.6 Å². The molecule has 0 radical (unpaired) electrons. The number of thioether (sulfide) groups is 1. The van der Waals surface area contributed by atoms with Crippen LogP contribution in [-0.4, -0.2) is 39.1 Å². The standard InChI is InChI=1S/C17H20Cl2N2O3S/c1-2-24-17(23)16-10-21(11-20-16)9-12(22)4-3-7-25-13-5-6-14(18)15(19)8-13/h5-6,8,10-12,22H,2-4,7,9H2,1H3. The number of ether oxygens (including phenoxy) is 1. The maximum Gasteiger partial charge on any atom is 0.358 e. The van der Waals surface area contributed by atoms with Crippen LogP contribution in [0.15, 0.2) is 35.6 Å². The summed E-state index contributed by atoms with van der Waals surface area (Å²) in [6, 6.07) is 5.55. The summed E-state index contributed by atoms with van der Waals surface area (Å²) in [6.45, 7) is 2.45. The number of rotatable bonds is 9. The third-order valence-corrected chi connectivity index (χ3v) is 5.20. The number of hydrogen-bond donors (Lipinski definition) is 1. The van der Waals surface area contributed by atoms with Gasteiger partial charge in [0.2, 0.25) is 0 Å². The number of hydrogen-bond acceptors (Lipinski definition) is 5. The molecule has 1 N–H and O–H groups in total. The van der Waals surface area contributed by atoms with Crippen molar-refractivity contribution in [1.29, 1.82) is 0 Å². The monoisotopic (exact) mass is 402 g/mol. The van der Waals surface area contributed by atoms with Gasteiger partial charge in [-0.05, 0) is 43.7 Å². The van der Waals surface area contributed by atoms with Crippen LogP contribution in [0.5, 0.6) is 0 Å². The maximum atomic E-state index is 11.6. The minimum atomic E-state index is -0.501. The van der Waals surface area contributed by atoms with E-state index in [4.69, 9.17) is 27.9 Å². The van der Waals surface area contributed by atoms with Crippen molar-refractivity contribution >= 4 is 40.9 Å². The van der Waals surface area contributed by atoms with Gasteiger partial charge in [0.1, 0.15) is 0 Å². The molecule has 1 aromatic carbocycles. The number of carbonyl (C=O) groups excluding carboxylic acids is 1. The van der Waals surface area contributed by atoms with E-state index in [1.54, 1.807) is 35.5 Å². The molecular formula is C17H20Cl2N2O3S. The summed E-state index contributed by atoms with van der Waals surface area (Å²) < 4.78 is 6.58. The second-order valence-electron chi connectivity index (χ2n) is 5.40. The minimum absolute atomic E-state index is 0.254. The molecule has 0 aliphatic heterocycles. The molecule has 1 atom stereocenters. The molecule has 136 valence electrons. The maximum absolute atomic E-state index is 11.6. The number of aliphatic hydroxyl groups is 1. The Kier molecular flexibility index (Phi) is 8.09. The minimum Gasteiger partial charge on any atom is -0.461 e. The Hall–Kier alpha value is -1.21. The first-order valence-corrected chi connectivity index (χ1v) is 9.68. The predicted octanol–water partition coefficient (Wildman–Crippen LogP) is 4.30. The van der Waals surface area contributed by atoms with Gasteiger partial charge in [0, 0.05) is 17.6 Å². The molecular weight excluding hydrogens is 383 g/mol. The first-order valence-electron chi connectivity index (χ1n) is 7.94. The van der Waals surface area contributed by atoms with E-state index in [0.717, 1.165) is 17.1 Å². The number of aromatic nitrogens is 2. The normalized spacial score (nSPS) is 12.2. The second-order valence-corrected chi connectivity index (χ2v) is 7.38. The van der Waals surface area contributed by atoms with E-state index >= 15 is 0 Å². The third kappa shape index (κ3) is 6.55. The topological polar surface area (TPSA) is 64.3 Å². The van der Waals surface area contributed by atoms with E-state index < -0.39 is 12.1 Å². The van der Waals surface area contributed by atoms with Gasteiger partial charge >= 0.3 is 5.97 Å². The summed E-state index contributed by atoms with van der Waals surface area (Å²) in [6.07, 6.45) is 4.12. The van der Waals surface area contributed by atoms with Crippen LogP contribution in [0.4, 0.5) is 0 Å². The fourth-order valence-electron chi connectivity index (χ4n) is 2.18. The van der Waals surface area contributed by atoms with Gasteiger partial charge in [0.15, 0.2) is 5.69 Å². The molecule has 2 aromatic rings. The van der Waals surface area contributed by atoms with E-state index in [1.807, 2.05) is 12.1 Å². The van der Waals surface area contributed by atoms with E-state index in [1.165, 1.54) is 6.33 Å². The van der Waals surface area contributed by atoms with E-state index in [2.05, 4.69) is 4.98 Å². The number of aliphatic hydroxyl groups excluding tert-OH is 1. The molecule has 1 unspecified atom stereocenters. The highest BCUT2D eigenvalue weighted by Crippen LogP contribution is 2.28. The largest absolute Gasteiger partial charge is 0.461 e. The van der Waals surface area contributed by atoms with Gasteiger partial charge in [-0.1, -0.05) is 23.2 Å². The van der Waals surface area contributed by atoms with Crippen molar-refractivity contribution in [2.75, 3.05) is 12.4 Å². The van der Waals surface area contributed by atoms with Crippen LogP contribution in [0.2, 0.25) is 10.0 Å². The number of carbonyl (C=O) groups is 1. The SMILES string of the molecule is CCOC(=O)c1cn(CC(O)CCCSc2ccc(Cl)c(Cl)c2)cn1. The molecule has 0 saturated heterocycles. The molecule has 2 rings (SSSR count). The van der Waals surface area contributed by atoms with Crippen LogP contribution >= 0.6 is 35.0 Å². The molecule has 8 heteroatoms. The summed E-state index contributed by atoms with van der Waals surface area (Å²) >= 11 is 13.5. The van der Waals surface area contributed by atoms with Gasteiger partial charge in [-0.3, -0.25) is 0 Å². The van der Waals surface area contributed by atoms with Gasteiger partial charge in [0.05, 0.1) is 29.1 Å². The summed E-state index contributed by atoms with van der Waals surface area (Å²) in [7, 11) is 0. The lowest BCUT2D eigenvalue weighted by atomic mass is 10.2. The zero-order chi connectivity index (χ0) is 18.2. The Morgan fingerprint density at radius 1 is 1.40 bits per heavy atom. The number of imidazole rings is 1. The molecule has 0 aliphatic rings. The Labute approximate surface area is 161 Å². The fourth-order valence-corrected chi connectivity index (χ4v) is 3.46. The first-order chi connectivity index (χ1) is 12.0. The molecule has 1 heterocycles. The molecule has 0 aliphatic carbocycles. The summed E-state index contributed by atoms with van der Waals surface area (Å²) in [4.78, 5) is 16.6. The van der Waals surface area contributed by atoms with Crippen molar-refractivity contribution in [3.63, 3.8) is 0 Å². The quantitative estimate of drug-likeness (QED) is 0.384. The van der Waals surface area contributed by atoms with Crippen molar-refractivity contribution in [1.82, 2.24) is 9.55 Å². The number of halogens is 2. The van der Waals surface area contributed by atoms with Gasteiger partial charge in [0.25, 0.3) is 0 Å². The number of esters is 1. The third-order valence-electron chi connectivity index (χ3n) is 3.38. The lowest BCUT2D eigenvalue weighted by Crippen LogP contribution is -2.15. The molecule has 0 bridgehead atoms. The van der Waals surface area contributed by atoms with Gasteiger partial charge in [-0.2, -0.15) is 0 Å². The summed E-state index contributed by atoms with van der Waals surface area (Å²) in [5, 5.41) is 11.2. The Balaban J connectivity index is 1.71. The van der Waals surface area contributed by atoms with Crippen LogP contribution < -0.4 is 0 Å².